The molecule has 2 aromatic heterocycles. The highest BCUT2D eigenvalue weighted by Gasteiger charge is 2.55. The zero-order chi connectivity index (χ0) is 28.0. The van der Waals surface area contributed by atoms with Crippen LogP contribution in [0.2, 0.25) is 10.2 Å². The summed E-state index contributed by atoms with van der Waals surface area (Å²) in [6.07, 6.45) is 3.64. The topological polar surface area (TPSA) is 74.3 Å². The number of allylic oxidation sites excluding steroid dienone is 1. The smallest absolute Gasteiger partial charge is 0.251 e. The molecule has 4 aliphatic rings. The van der Waals surface area contributed by atoms with Crippen LogP contribution in [0.4, 0.5) is 4.39 Å². The van der Waals surface area contributed by atoms with Crippen LogP contribution < -0.4 is 10.3 Å². The summed E-state index contributed by atoms with van der Waals surface area (Å²) in [4.78, 5) is 18.1. The van der Waals surface area contributed by atoms with E-state index in [4.69, 9.17) is 27.9 Å². The average Bonchev–Trinajstić information content (AvgIpc) is 3.27. The molecule has 204 valence electrons. The highest BCUT2D eigenvalue weighted by atomic mass is 35.5. The molecule has 1 saturated carbocycles. The highest BCUT2D eigenvalue weighted by Crippen LogP contribution is 2.60. The minimum Gasteiger partial charge on any atom is -0.489 e. The van der Waals surface area contributed by atoms with E-state index in [0.29, 0.717) is 35.0 Å². The third-order valence-corrected chi connectivity index (χ3v) is 8.87. The molecule has 4 aromatic rings. The Morgan fingerprint density at radius 3 is 2.76 bits per heavy atom. The first-order chi connectivity index (χ1) is 19.8. The van der Waals surface area contributed by atoms with Crippen molar-refractivity contribution in [1.82, 2.24) is 19.6 Å². The van der Waals surface area contributed by atoms with Gasteiger partial charge in [0.15, 0.2) is 5.15 Å². The molecule has 10 heteroatoms. The van der Waals surface area contributed by atoms with Crippen molar-refractivity contribution in [2.75, 3.05) is 6.61 Å². The van der Waals surface area contributed by atoms with E-state index in [2.05, 4.69) is 21.9 Å². The fourth-order valence-electron chi connectivity index (χ4n) is 6.53. The van der Waals surface area contributed by atoms with Gasteiger partial charge in [0.25, 0.3) is 5.56 Å². The van der Waals surface area contributed by atoms with Gasteiger partial charge in [-0.1, -0.05) is 47.1 Å². The zero-order valence-corrected chi connectivity index (χ0v) is 23.2. The van der Waals surface area contributed by atoms with E-state index in [9.17, 15) is 4.79 Å². The fraction of sp³-hybridized carbons (Fsp3) is 0.226. The van der Waals surface area contributed by atoms with E-state index < -0.39 is 5.95 Å². The second-order valence-electron chi connectivity index (χ2n) is 11.1. The quantitative estimate of drug-likeness (QED) is 0.196. The largest absolute Gasteiger partial charge is 0.489 e. The highest BCUT2D eigenvalue weighted by molar-refractivity contribution is 6.31. The number of halogens is 3. The maximum Gasteiger partial charge on any atom is 0.251 e. The molecule has 0 spiro atoms. The Hall–Kier alpha value is -4.01. The average molecular weight is 586 g/mol. The van der Waals surface area contributed by atoms with E-state index in [0.717, 1.165) is 52.1 Å². The number of aromatic nitrogens is 4. The van der Waals surface area contributed by atoms with Gasteiger partial charge in [0, 0.05) is 52.4 Å². The van der Waals surface area contributed by atoms with Gasteiger partial charge in [0.2, 0.25) is 5.95 Å². The number of hydrogen-bond donors (Lipinski definition) is 0. The second-order valence-corrected chi connectivity index (χ2v) is 11.9. The van der Waals surface area contributed by atoms with Crippen LogP contribution in [0.15, 0.2) is 82.6 Å². The number of nitrogens with zero attached hydrogens (tertiary/aromatic N) is 5. The number of benzene rings is 2. The Morgan fingerprint density at radius 2 is 1.93 bits per heavy atom. The number of fused-ring (bicyclic) bond motifs is 4. The summed E-state index contributed by atoms with van der Waals surface area (Å²) in [5, 5.41) is 8.76. The van der Waals surface area contributed by atoms with Crippen molar-refractivity contribution in [2.45, 2.75) is 31.2 Å². The summed E-state index contributed by atoms with van der Waals surface area (Å²) in [6, 6.07) is 14.5. The first kappa shape index (κ1) is 24.8. The van der Waals surface area contributed by atoms with Crippen molar-refractivity contribution < 1.29 is 9.13 Å². The van der Waals surface area contributed by atoms with Crippen LogP contribution in [0.25, 0.3) is 22.4 Å². The molecule has 0 bridgehead atoms. The molecule has 7 nitrogen and oxygen atoms in total. The first-order valence-corrected chi connectivity index (χ1v) is 14.1. The standard InChI is InChI=1S/C31H22Cl2FN5O2/c1-15-6-17-3-2-16(8-27(17)41-14-15)21-12-24(35-31(21)34)30-23-11-22(23)26-7-18(9-29(40)39(26)30)20-10-19(32)4-5-25(20)38-13-28(33)36-37-38/h2-5,7-10,13,22-23,30H,1,6,11-12,14H2. The van der Waals surface area contributed by atoms with Crippen molar-refractivity contribution in [1.29, 1.82) is 0 Å². The molecule has 3 aliphatic heterocycles. The van der Waals surface area contributed by atoms with Gasteiger partial charge in [0.05, 0.1) is 17.9 Å². The number of ether oxygens (including phenoxy) is 1. The molecular weight excluding hydrogens is 564 g/mol. The summed E-state index contributed by atoms with van der Waals surface area (Å²) in [6.45, 7) is 4.47. The van der Waals surface area contributed by atoms with Crippen LogP contribution in [0.5, 0.6) is 5.75 Å². The number of rotatable bonds is 4. The lowest BCUT2D eigenvalue weighted by atomic mass is 9.95. The van der Waals surface area contributed by atoms with Gasteiger partial charge < -0.3 is 9.30 Å². The Morgan fingerprint density at radius 1 is 1.05 bits per heavy atom. The van der Waals surface area contributed by atoms with Crippen LogP contribution in [-0.2, 0) is 6.42 Å². The second kappa shape index (κ2) is 8.99. The molecule has 1 fully saturated rings. The lowest BCUT2D eigenvalue weighted by Crippen LogP contribution is -2.29. The van der Waals surface area contributed by atoms with E-state index in [1.165, 1.54) is 0 Å². The van der Waals surface area contributed by atoms with Gasteiger partial charge in [-0.25, -0.2) is 9.67 Å². The molecule has 2 aromatic carbocycles. The summed E-state index contributed by atoms with van der Waals surface area (Å²) in [5.41, 5.74) is 6.99. The van der Waals surface area contributed by atoms with Gasteiger partial charge in [-0.15, -0.1) is 5.10 Å². The third kappa shape index (κ3) is 4.00. The van der Waals surface area contributed by atoms with E-state index in [1.54, 1.807) is 33.6 Å². The molecule has 0 N–H and O–H groups in total. The molecule has 0 saturated heterocycles. The summed E-state index contributed by atoms with van der Waals surface area (Å²) in [5.74, 6) is 0.700. The Balaban J connectivity index is 1.13. The summed E-state index contributed by atoms with van der Waals surface area (Å²) >= 11 is 12.4. The minimum absolute atomic E-state index is 0.156. The maximum atomic E-state index is 15.3. The van der Waals surface area contributed by atoms with Crippen LogP contribution in [0.3, 0.4) is 0 Å². The molecule has 8 rings (SSSR count). The van der Waals surface area contributed by atoms with Gasteiger partial charge >= 0.3 is 0 Å². The molecule has 1 aliphatic carbocycles. The predicted octanol–water partition coefficient (Wildman–Crippen LogP) is 6.74. The summed E-state index contributed by atoms with van der Waals surface area (Å²) < 4.78 is 24.5. The molecule has 41 heavy (non-hydrogen) atoms. The molecule has 0 radical (unpaired) electrons. The van der Waals surface area contributed by atoms with E-state index in [1.807, 2.05) is 30.3 Å². The molecule has 3 atom stereocenters. The number of aliphatic imine (C=N–C) groups is 1. The zero-order valence-electron chi connectivity index (χ0n) is 21.7. The van der Waals surface area contributed by atoms with E-state index >= 15 is 4.39 Å². The molecule has 3 unspecified atom stereocenters. The van der Waals surface area contributed by atoms with Gasteiger partial charge in [-0.05, 0) is 64.9 Å². The molecule has 5 heterocycles. The number of pyridine rings is 1. The van der Waals surface area contributed by atoms with Crippen LogP contribution in [-0.4, -0.2) is 31.9 Å². The van der Waals surface area contributed by atoms with Crippen molar-refractivity contribution in [3.63, 3.8) is 0 Å². The lowest BCUT2D eigenvalue weighted by Gasteiger charge is -2.21. The normalized spacial score (nSPS) is 22.3. The van der Waals surface area contributed by atoms with Crippen LogP contribution in [0, 0.1) is 5.92 Å². The maximum absolute atomic E-state index is 15.3. The predicted molar refractivity (Wildman–Crippen MR) is 156 cm³/mol. The molecule has 0 amide bonds. The van der Waals surface area contributed by atoms with Gasteiger partial charge in [0.1, 0.15) is 12.4 Å². The van der Waals surface area contributed by atoms with Crippen molar-refractivity contribution in [2.24, 2.45) is 10.9 Å². The van der Waals surface area contributed by atoms with Crippen LogP contribution >= 0.6 is 23.2 Å². The van der Waals surface area contributed by atoms with Crippen molar-refractivity contribution in [3.8, 4) is 22.6 Å². The van der Waals surface area contributed by atoms with E-state index in [-0.39, 0.29) is 28.6 Å². The Bertz CT molecular complexity index is 1940. The van der Waals surface area contributed by atoms with Gasteiger partial charge in [-0.2, -0.15) is 4.39 Å². The third-order valence-electron chi connectivity index (χ3n) is 8.46. The minimum atomic E-state index is -0.495. The molecular formula is C31H22Cl2FN5O2. The van der Waals surface area contributed by atoms with Crippen molar-refractivity contribution >= 4 is 34.5 Å². The van der Waals surface area contributed by atoms with Crippen molar-refractivity contribution in [3.05, 3.63) is 110 Å². The Kier molecular flexibility index (Phi) is 5.43. The first-order valence-electron chi connectivity index (χ1n) is 13.4. The van der Waals surface area contributed by atoms with Crippen LogP contribution in [0.1, 0.15) is 41.6 Å². The monoisotopic (exact) mass is 585 g/mol. The SMILES string of the molecule is C=C1COc2cc(C3=C(F)N=C(C4C5CC5c5cc(-c6cc(Cl)ccc6-n6cc(Cl)nn6)cc(=O)n54)C3)ccc2C1. The summed E-state index contributed by atoms with van der Waals surface area (Å²) in [7, 11) is 0. The number of hydrogen-bond acceptors (Lipinski definition) is 5. The lowest BCUT2D eigenvalue weighted by molar-refractivity contribution is 0.332. The van der Waals surface area contributed by atoms with Gasteiger partial charge in [-0.3, -0.25) is 4.79 Å². The fourth-order valence-corrected chi connectivity index (χ4v) is 6.83. The Labute approximate surface area is 244 Å².